The predicted molar refractivity (Wildman–Crippen MR) is 81.1 cm³/mol. The van der Waals surface area contributed by atoms with E-state index < -0.39 is 10.8 Å². The number of unbranched alkanes of at least 4 members (excludes halogenated alkanes) is 1. The molecule has 0 bridgehead atoms. The summed E-state index contributed by atoms with van der Waals surface area (Å²) < 4.78 is 23.2. The Morgan fingerprint density at radius 3 is 2.75 bits per heavy atom. The van der Waals surface area contributed by atoms with Crippen molar-refractivity contribution in [3.05, 3.63) is 18.2 Å². The van der Waals surface area contributed by atoms with Gasteiger partial charge in [-0.05, 0) is 38.9 Å². The number of ether oxygens (including phenoxy) is 2. The number of hydrogen-bond donors (Lipinski definition) is 1. The van der Waals surface area contributed by atoms with Crippen LogP contribution in [0, 0.1) is 0 Å². The molecule has 0 aliphatic carbocycles. The Bertz CT molecular complexity index is 464. The van der Waals surface area contributed by atoms with E-state index in [1.54, 1.807) is 0 Å². The van der Waals surface area contributed by atoms with Gasteiger partial charge in [-0.15, -0.1) is 0 Å². The minimum Gasteiger partial charge on any atom is -0.486 e. The van der Waals surface area contributed by atoms with E-state index in [-0.39, 0.29) is 0 Å². The quantitative estimate of drug-likeness (QED) is 0.785. The van der Waals surface area contributed by atoms with Crippen molar-refractivity contribution in [1.82, 2.24) is 5.32 Å². The lowest BCUT2D eigenvalue weighted by molar-refractivity contribution is 0.171. The van der Waals surface area contributed by atoms with Crippen molar-refractivity contribution in [3.63, 3.8) is 0 Å². The van der Waals surface area contributed by atoms with Gasteiger partial charge in [-0.2, -0.15) is 0 Å². The maximum atomic E-state index is 12.2. The summed E-state index contributed by atoms with van der Waals surface area (Å²) in [6, 6.07) is 6.10. The van der Waals surface area contributed by atoms with Crippen molar-refractivity contribution in [2.45, 2.75) is 37.1 Å². The molecule has 20 heavy (non-hydrogen) atoms. The van der Waals surface area contributed by atoms with Gasteiger partial charge in [-0.1, -0.05) is 6.42 Å². The van der Waals surface area contributed by atoms with Gasteiger partial charge < -0.3 is 14.8 Å². The maximum Gasteiger partial charge on any atom is 0.162 e. The fraction of sp³-hybridized carbons (Fsp3) is 0.600. The Morgan fingerprint density at radius 2 is 2.00 bits per heavy atom. The molecule has 4 nitrogen and oxygen atoms in total. The molecule has 112 valence electrons. The lowest BCUT2D eigenvalue weighted by Crippen LogP contribution is -2.20. The van der Waals surface area contributed by atoms with Gasteiger partial charge in [0.05, 0.1) is 10.8 Å². The summed E-state index contributed by atoms with van der Waals surface area (Å²) in [4.78, 5) is 0.830. The average molecular weight is 297 g/mol. The third kappa shape index (κ3) is 4.21. The van der Waals surface area contributed by atoms with E-state index in [1.807, 2.05) is 25.2 Å². The Kier molecular flexibility index (Phi) is 5.86. The summed E-state index contributed by atoms with van der Waals surface area (Å²) in [5, 5.41) is 3.21. The van der Waals surface area contributed by atoms with Crippen LogP contribution in [-0.2, 0) is 10.8 Å². The lowest BCUT2D eigenvalue weighted by Gasteiger charge is -2.18. The highest BCUT2D eigenvalue weighted by Crippen LogP contribution is 2.31. The largest absolute Gasteiger partial charge is 0.486 e. The zero-order valence-electron chi connectivity index (χ0n) is 12.2. The third-order valence-corrected chi connectivity index (χ3v) is 4.93. The summed E-state index contributed by atoms with van der Waals surface area (Å²) in [5.41, 5.74) is 0. The monoisotopic (exact) mass is 297 g/mol. The Balaban J connectivity index is 1.83. The fourth-order valence-corrected chi connectivity index (χ4v) is 3.27. The Hall–Kier alpha value is -1.07. The van der Waals surface area contributed by atoms with Gasteiger partial charge in [0, 0.05) is 22.8 Å². The number of nitrogens with one attached hydrogen (secondary N) is 1. The van der Waals surface area contributed by atoms with E-state index in [4.69, 9.17) is 9.47 Å². The lowest BCUT2D eigenvalue weighted by atomic mass is 10.1. The molecule has 1 aromatic carbocycles. The molecule has 1 aromatic rings. The van der Waals surface area contributed by atoms with E-state index >= 15 is 0 Å². The van der Waals surface area contributed by atoms with Gasteiger partial charge >= 0.3 is 0 Å². The summed E-state index contributed by atoms with van der Waals surface area (Å²) in [7, 11) is 1.02. The van der Waals surface area contributed by atoms with E-state index in [0.717, 1.165) is 29.9 Å². The molecule has 2 rings (SSSR count). The van der Waals surface area contributed by atoms with Gasteiger partial charge in [0.1, 0.15) is 13.2 Å². The molecule has 0 spiro atoms. The molecule has 5 heteroatoms. The van der Waals surface area contributed by atoms with Crippen molar-refractivity contribution in [1.29, 1.82) is 0 Å². The number of rotatable bonds is 7. The van der Waals surface area contributed by atoms with Crippen LogP contribution in [0.2, 0.25) is 0 Å². The number of benzene rings is 1. The van der Waals surface area contributed by atoms with Crippen molar-refractivity contribution < 1.29 is 13.7 Å². The second kappa shape index (κ2) is 7.64. The van der Waals surface area contributed by atoms with E-state index in [0.29, 0.717) is 30.8 Å². The van der Waals surface area contributed by atoms with Gasteiger partial charge in [0.2, 0.25) is 0 Å². The highest BCUT2D eigenvalue weighted by molar-refractivity contribution is 7.85. The molecular formula is C15H23NO3S. The van der Waals surface area contributed by atoms with E-state index in [9.17, 15) is 4.21 Å². The minimum atomic E-state index is -0.954. The van der Waals surface area contributed by atoms with Crippen LogP contribution in [0.3, 0.4) is 0 Å². The fourth-order valence-electron chi connectivity index (χ4n) is 2.11. The first-order valence-electron chi connectivity index (χ1n) is 7.16. The predicted octanol–water partition coefficient (Wildman–Crippen LogP) is 2.34. The third-order valence-electron chi connectivity index (χ3n) is 3.49. The van der Waals surface area contributed by atoms with Crippen molar-refractivity contribution in [2.75, 3.05) is 26.0 Å². The zero-order chi connectivity index (χ0) is 14.4. The maximum absolute atomic E-state index is 12.2. The molecule has 1 heterocycles. The second-order valence-electron chi connectivity index (χ2n) is 5.04. The molecule has 0 fully saturated rings. The summed E-state index contributed by atoms with van der Waals surface area (Å²) in [6.07, 6.45) is 3.19. The molecule has 0 saturated carbocycles. The molecule has 0 radical (unpaired) electrons. The first kappa shape index (κ1) is 15.3. The first-order valence-corrected chi connectivity index (χ1v) is 8.48. The SMILES string of the molecule is CNC(C)CCCCS(=O)c1ccc2c(c1)OCCO2. The molecule has 0 saturated heterocycles. The van der Waals surface area contributed by atoms with Gasteiger partial charge in [0.15, 0.2) is 11.5 Å². The van der Waals surface area contributed by atoms with Crippen molar-refractivity contribution >= 4 is 10.8 Å². The van der Waals surface area contributed by atoms with Crippen LogP contribution in [0.1, 0.15) is 26.2 Å². The number of fused-ring (bicyclic) bond motifs is 1. The molecule has 0 amide bonds. The molecule has 1 N–H and O–H groups in total. The van der Waals surface area contributed by atoms with Crippen molar-refractivity contribution in [3.8, 4) is 11.5 Å². The smallest absolute Gasteiger partial charge is 0.162 e. The van der Waals surface area contributed by atoms with Gasteiger partial charge in [0.25, 0.3) is 0 Å². The summed E-state index contributed by atoms with van der Waals surface area (Å²) >= 11 is 0. The summed E-state index contributed by atoms with van der Waals surface area (Å²) in [6.45, 7) is 3.31. The average Bonchev–Trinajstić information content (AvgIpc) is 2.50. The molecular weight excluding hydrogens is 274 g/mol. The first-order chi connectivity index (χ1) is 9.70. The molecule has 0 aromatic heterocycles. The Morgan fingerprint density at radius 1 is 1.25 bits per heavy atom. The van der Waals surface area contributed by atoms with E-state index in [1.165, 1.54) is 0 Å². The highest BCUT2D eigenvalue weighted by atomic mass is 32.2. The van der Waals surface area contributed by atoms with Crippen LogP contribution in [0.15, 0.2) is 23.1 Å². The van der Waals surface area contributed by atoms with Crippen LogP contribution in [-0.4, -0.2) is 36.3 Å². The number of hydrogen-bond acceptors (Lipinski definition) is 4. The van der Waals surface area contributed by atoms with Crippen LogP contribution in [0.4, 0.5) is 0 Å². The van der Waals surface area contributed by atoms with Crippen molar-refractivity contribution in [2.24, 2.45) is 0 Å². The second-order valence-corrected chi connectivity index (χ2v) is 6.61. The van der Waals surface area contributed by atoms with Crippen LogP contribution in [0.5, 0.6) is 11.5 Å². The zero-order valence-corrected chi connectivity index (χ0v) is 13.0. The van der Waals surface area contributed by atoms with Gasteiger partial charge in [-0.3, -0.25) is 4.21 Å². The topological polar surface area (TPSA) is 47.6 Å². The van der Waals surface area contributed by atoms with E-state index in [2.05, 4.69) is 12.2 Å². The minimum absolute atomic E-state index is 0.526. The molecule has 1 aliphatic rings. The van der Waals surface area contributed by atoms with Gasteiger partial charge in [-0.25, -0.2) is 0 Å². The highest BCUT2D eigenvalue weighted by Gasteiger charge is 2.14. The van der Waals surface area contributed by atoms with Crippen LogP contribution in [0.25, 0.3) is 0 Å². The molecule has 1 aliphatic heterocycles. The molecule has 2 unspecified atom stereocenters. The normalized spacial score (nSPS) is 16.7. The summed E-state index contributed by atoms with van der Waals surface area (Å²) in [5.74, 6) is 2.17. The van der Waals surface area contributed by atoms with Crippen LogP contribution >= 0.6 is 0 Å². The Labute approximate surface area is 123 Å². The molecule has 2 atom stereocenters. The van der Waals surface area contributed by atoms with Crippen LogP contribution < -0.4 is 14.8 Å². The standard InChI is InChI=1S/C15H23NO3S/c1-12(16-2)5-3-4-10-20(17)13-6-7-14-15(11-13)19-9-8-18-14/h6-7,11-12,16H,3-5,8-10H2,1-2H3.